The fourth-order valence-corrected chi connectivity index (χ4v) is 2.68. The topological polar surface area (TPSA) is 8.81 Å². The summed E-state index contributed by atoms with van der Waals surface area (Å²) in [6.45, 7) is 8.77. The molecule has 1 aliphatic rings. The van der Waals surface area contributed by atoms with Crippen LogP contribution in [0.25, 0.3) is 0 Å². The molecule has 1 aromatic rings. The minimum absolute atomic E-state index is 0.0775. The van der Waals surface area contributed by atoms with Crippen LogP contribution >= 0.6 is 11.6 Å². The van der Waals surface area contributed by atoms with Gasteiger partial charge in [-0.3, -0.25) is 0 Å². The van der Waals surface area contributed by atoms with E-state index in [-0.39, 0.29) is 5.54 Å². The van der Waals surface area contributed by atoms with Crippen molar-refractivity contribution in [1.29, 1.82) is 0 Å². The quantitative estimate of drug-likeness (QED) is 0.586. The average molecular weight is 214 g/mol. The highest BCUT2D eigenvalue weighted by Crippen LogP contribution is 2.29. The summed E-state index contributed by atoms with van der Waals surface area (Å²) in [7, 11) is 0. The molecule has 2 nitrogen and oxygen atoms in total. The standard InChI is InChI=1S/C11H18ClN2/c1-8-5-6-9-7-13(11(2,3)4)10(12)14(8)9/h7-8H,5-6H2,1-4H3/q+1/t8-/m0/s1. The maximum Gasteiger partial charge on any atom is 0.355 e. The lowest BCUT2D eigenvalue weighted by Gasteiger charge is -2.15. The summed E-state index contributed by atoms with van der Waals surface area (Å²) in [6.07, 6.45) is 4.58. The molecule has 0 saturated carbocycles. The second kappa shape index (κ2) is 2.99. The van der Waals surface area contributed by atoms with Crippen LogP contribution in [-0.2, 0) is 12.0 Å². The van der Waals surface area contributed by atoms with E-state index in [4.69, 9.17) is 11.6 Å². The Hall–Kier alpha value is -0.500. The van der Waals surface area contributed by atoms with Gasteiger partial charge in [0, 0.05) is 18.0 Å². The molecule has 0 unspecified atom stereocenters. The van der Waals surface area contributed by atoms with Crippen LogP contribution in [0.2, 0.25) is 5.28 Å². The average Bonchev–Trinajstić information content (AvgIpc) is 2.53. The summed E-state index contributed by atoms with van der Waals surface area (Å²) < 4.78 is 4.42. The lowest BCUT2D eigenvalue weighted by Crippen LogP contribution is -2.50. The zero-order valence-corrected chi connectivity index (χ0v) is 10.1. The van der Waals surface area contributed by atoms with Gasteiger partial charge in [0.2, 0.25) is 0 Å². The lowest BCUT2D eigenvalue weighted by atomic mass is 10.1. The molecule has 0 amide bonds. The molecule has 0 spiro atoms. The molecule has 0 saturated heterocycles. The molecule has 3 heteroatoms. The van der Waals surface area contributed by atoms with E-state index in [9.17, 15) is 0 Å². The number of imidazole rings is 1. The van der Waals surface area contributed by atoms with Crippen LogP contribution < -0.4 is 4.57 Å². The van der Waals surface area contributed by atoms with Crippen molar-refractivity contribution < 1.29 is 4.57 Å². The molecule has 2 rings (SSSR count). The van der Waals surface area contributed by atoms with E-state index < -0.39 is 0 Å². The second-order valence-electron chi connectivity index (χ2n) is 5.19. The van der Waals surface area contributed by atoms with E-state index in [1.807, 2.05) is 0 Å². The third kappa shape index (κ3) is 1.36. The van der Waals surface area contributed by atoms with Crippen molar-refractivity contribution in [3.8, 4) is 0 Å². The summed E-state index contributed by atoms with van der Waals surface area (Å²) in [6, 6.07) is 0.557. The van der Waals surface area contributed by atoms with Gasteiger partial charge in [-0.25, -0.2) is 9.13 Å². The number of hydrogen-bond donors (Lipinski definition) is 0. The van der Waals surface area contributed by atoms with E-state index in [2.05, 4.69) is 43.0 Å². The SMILES string of the molecule is C[C@H]1CCc2c[n+](C(C)(C)C)c(Cl)n21. The first-order chi connectivity index (χ1) is 6.41. The van der Waals surface area contributed by atoms with Crippen LogP contribution in [0.3, 0.4) is 0 Å². The predicted molar refractivity (Wildman–Crippen MR) is 57.7 cm³/mol. The second-order valence-corrected chi connectivity index (χ2v) is 5.53. The molecule has 0 N–H and O–H groups in total. The Morgan fingerprint density at radius 3 is 2.64 bits per heavy atom. The number of rotatable bonds is 0. The van der Waals surface area contributed by atoms with Crippen LogP contribution in [-0.4, -0.2) is 4.57 Å². The highest BCUT2D eigenvalue weighted by Gasteiger charge is 2.35. The molecule has 0 aromatic carbocycles. The van der Waals surface area contributed by atoms with Crippen molar-refractivity contribution in [2.75, 3.05) is 0 Å². The number of hydrogen-bond acceptors (Lipinski definition) is 0. The molecule has 14 heavy (non-hydrogen) atoms. The fraction of sp³-hybridized carbons (Fsp3) is 0.727. The van der Waals surface area contributed by atoms with Gasteiger partial charge in [0.25, 0.3) is 0 Å². The zero-order valence-electron chi connectivity index (χ0n) is 9.34. The Morgan fingerprint density at radius 1 is 1.50 bits per heavy atom. The summed E-state index contributed by atoms with van der Waals surface area (Å²) in [5.41, 5.74) is 1.45. The van der Waals surface area contributed by atoms with Gasteiger partial charge in [-0.2, -0.15) is 0 Å². The number of halogens is 1. The molecule has 0 radical (unpaired) electrons. The number of nitrogens with zero attached hydrogens (tertiary/aromatic N) is 2. The summed E-state index contributed by atoms with van der Waals surface area (Å²) >= 11 is 6.38. The normalized spacial score (nSPS) is 21.4. The summed E-state index contributed by atoms with van der Waals surface area (Å²) in [4.78, 5) is 0. The van der Waals surface area contributed by atoms with E-state index in [0.717, 1.165) is 11.7 Å². The molecule has 1 atom stereocenters. The first-order valence-electron chi connectivity index (χ1n) is 5.23. The smallest absolute Gasteiger partial charge is 0.215 e. The molecule has 2 heterocycles. The molecule has 1 aliphatic heterocycles. The van der Waals surface area contributed by atoms with Gasteiger partial charge in [0.15, 0.2) is 0 Å². The Morgan fingerprint density at radius 2 is 2.14 bits per heavy atom. The predicted octanol–water partition coefficient (Wildman–Crippen LogP) is 2.69. The molecule has 1 aromatic heterocycles. The number of aryl methyl sites for hydroxylation is 1. The van der Waals surface area contributed by atoms with Crippen molar-refractivity contribution in [2.45, 2.75) is 52.1 Å². The van der Waals surface area contributed by atoms with E-state index in [0.29, 0.717) is 6.04 Å². The molecule has 0 bridgehead atoms. The third-order valence-corrected chi connectivity index (χ3v) is 3.33. The highest BCUT2D eigenvalue weighted by atomic mass is 35.5. The molecular weight excluding hydrogens is 196 g/mol. The van der Waals surface area contributed by atoms with Crippen LogP contribution in [0.1, 0.15) is 45.9 Å². The first-order valence-corrected chi connectivity index (χ1v) is 5.61. The fourth-order valence-electron chi connectivity index (χ4n) is 2.11. The van der Waals surface area contributed by atoms with Crippen molar-refractivity contribution in [1.82, 2.24) is 4.57 Å². The highest BCUT2D eigenvalue weighted by molar-refractivity contribution is 6.27. The maximum atomic E-state index is 6.38. The van der Waals surface area contributed by atoms with Gasteiger partial charge >= 0.3 is 5.28 Å². The first kappa shape index (κ1) is 10.0. The van der Waals surface area contributed by atoms with Crippen LogP contribution in [0, 0.1) is 0 Å². The largest absolute Gasteiger partial charge is 0.355 e. The third-order valence-electron chi connectivity index (χ3n) is 2.97. The molecule has 78 valence electrons. The van der Waals surface area contributed by atoms with Crippen molar-refractivity contribution in [3.05, 3.63) is 17.2 Å². The minimum Gasteiger partial charge on any atom is -0.215 e. The van der Waals surface area contributed by atoms with Crippen molar-refractivity contribution >= 4 is 11.6 Å². The Bertz CT molecular complexity index is 360. The zero-order chi connectivity index (χ0) is 10.5. The number of aromatic nitrogens is 2. The Kier molecular flexibility index (Phi) is 2.15. The van der Waals surface area contributed by atoms with E-state index in [1.54, 1.807) is 0 Å². The number of fused-ring (bicyclic) bond motifs is 1. The van der Waals surface area contributed by atoms with Crippen LogP contribution in [0.4, 0.5) is 0 Å². The maximum absolute atomic E-state index is 6.38. The van der Waals surface area contributed by atoms with E-state index >= 15 is 0 Å². The van der Waals surface area contributed by atoms with Gasteiger partial charge in [0.1, 0.15) is 23.5 Å². The van der Waals surface area contributed by atoms with Crippen LogP contribution in [0.5, 0.6) is 0 Å². The van der Waals surface area contributed by atoms with Crippen molar-refractivity contribution in [2.24, 2.45) is 0 Å². The van der Waals surface area contributed by atoms with Gasteiger partial charge < -0.3 is 0 Å². The van der Waals surface area contributed by atoms with Gasteiger partial charge in [-0.1, -0.05) is 0 Å². The summed E-state index contributed by atoms with van der Waals surface area (Å²) in [5.74, 6) is 0. The Balaban J connectivity index is 2.53. The minimum atomic E-state index is 0.0775. The van der Waals surface area contributed by atoms with Crippen molar-refractivity contribution in [3.63, 3.8) is 0 Å². The van der Waals surface area contributed by atoms with Gasteiger partial charge in [-0.05, 0) is 34.1 Å². The summed E-state index contributed by atoms with van der Waals surface area (Å²) in [5, 5.41) is 0.873. The van der Waals surface area contributed by atoms with Gasteiger partial charge in [-0.15, -0.1) is 0 Å². The lowest BCUT2D eigenvalue weighted by molar-refractivity contribution is -0.751. The van der Waals surface area contributed by atoms with Crippen LogP contribution in [0.15, 0.2) is 6.20 Å². The molecule has 0 fully saturated rings. The van der Waals surface area contributed by atoms with E-state index in [1.165, 1.54) is 12.1 Å². The molecular formula is C11H18ClN2+. The molecule has 0 aliphatic carbocycles. The monoisotopic (exact) mass is 213 g/mol. The van der Waals surface area contributed by atoms with Gasteiger partial charge in [0.05, 0.1) is 0 Å². The Labute approximate surface area is 90.5 Å².